The number of nitrogens with zero attached hydrogens (tertiary/aromatic N) is 1. The number of pyridine rings is 1. The van der Waals surface area contributed by atoms with E-state index in [1.54, 1.807) is 24.5 Å². The molecule has 2 aromatic rings. The van der Waals surface area contributed by atoms with Gasteiger partial charge in [-0.1, -0.05) is 17.7 Å². The van der Waals surface area contributed by atoms with Crippen molar-refractivity contribution in [2.45, 2.75) is 13.0 Å². The monoisotopic (exact) mass is 292 g/mol. The lowest BCUT2D eigenvalue weighted by Crippen LogP contribution is -2.29. The maximum absolute atomic E-state index is 6.00. The van der Waals surface area contributed by atoms with Gasteiger partial charge in [0.2, 0.25) is 0 Å². The number of hydrogen-bond donors (Lipinski definition) is 3. The highest BCUT2D eigenvalue weighted by molar-refractivity contribution is 6.30. The molecule has 0 amide bonds. The van der Waals surface area contributed by atoms with Crippen molar-refractivity contribution in [3.05, 3.63) is 52.8 Å². The Labute approximate surface area is 122 Å². The average molecular weight is 293 g/mol. The minimum atomic E-state index is -0.278. The summed E-state index contributed by atoms with van der Waals surface area (Å²) < 4.78 is 5.44. The summed E-state index contributed by atoms with van der Waals surface area (Å²) in [6.45, 7) is 2.50. The number of ether oxygens (including phenoxy) is 1. The van der Waals surface area contributed by atoms with E-state index in [1.807, 2.05) is 19.1 Å². The first-order valence-electron chi connectivity index (χ1n) is 6.24. The van der Waals surface area contributed by atoms with E-state index in [0.717, 1.165) is 11.1 Å². The van der Waals surface area contributed by atoms with E-state index >= 15 is 0 Å². The third-order valence-corrected chi connectivity index (χ3v) is 3.14. The van der Waals surface area contributed by atoms with Crippen molar-refractivity contribution < 1.29 is 4.74 Å². The van der Waals surface area contributed by atoms with Crippen LogP contribution < -0.4 is 21.7 Å². The third kappa shape index (κ3) is 3.19. The van der Waals surface area contributed by atoms with Crippen LogP contribution in [0, 0.1) is 0 Å². The second kappa shape index (κ2) is 6.56. The fraction of sp³-hybridized carbons (Fsp3) is 0.214. The number of nitrogens with two attached hydrogens (primary N) is 2. The number of nitrogens with one attached hydrogen (secondary N) is 1. The van der Waals surface area contributed by atoms with Crippen LogP contribution in [0.5, 0.6) is 5.75 Å². The Morgan fingerprint density at radius 3 is 2.80 bits per heavy atom. The van der Waals surface area contributed by atoms with Gasteiger partial charge in [-0.3, -0.25) is 10.8 Å². The molecule has 1 aromatic heterocycles. The standard InChI is InChI=1S/C14H17ClN4O/c1-2-20-11-5-9(7-18-8-11)14(19-17)12-4-3-10(15)6-13(12)16/h3-8,14,19H,2,16-17H2,1H3. The number of hydrazine groups is 1. The number of nitrogen functional groups attached to an aromatic ring is 1. The fourth-order valence-electron chi connectivity index (χ4n) is 2.01. The van der Waals surface area contributed by atoms with Crippen molar-refractivity contribution in [2.75, 3.05) is 12.3 Å². The van der Waals surface area contributed by atoms with E-state index in [2.05, 4.69) is 10.4 Å². The molecule has 0 aliphatic carbocycles. The lowest BCUT2D eigenvalue weighted by atomic mass is 9.99. The molecule has 2 rings (SSSR count). The zero-order valence-corrected chi connectivity index (χ0v) is 11.9. The first-order valence-corrected chi connectivity index (χ1v) is 6.62. The van der Waals surface area contributed by atoms with E-state index in [-0.39, 0.29) is 6.04 Å². The Bertz CT molecular complexity index is 591. The minimum Gasteiger partial charge on any atom is -0.492 e. The molecule has 5 N–H and O–H groups in total. The Kier molecular flexibility index (Phi) is 4.79. The normalized spacial score (nSPS) is 12.2. The summed E-state index contributed by atoms with van der Waals surface area (Å²) in [5.74, 6) is 6.35. The molecule has 0 spiro atoms. The molecule has 0 saturated carbocycles. The maximum Gasteiger partial charge on any atom is 0.137 e. The van der Waals surface area contributed by atoms with Crippen molar-refractivity contribution in [1.82, 2.24) is 10.4 Å². The molecule has 0 aliphatic heterocycles. The first-order chi connectivity index (χ1) is 9.65. The van der Waals surface area contributed by atoms with Crippen LogP contribution in [0.3, 0.4) is 0 Å². The van der Waals surface area contributed by atoms with Gasteiger partial charge >= 0.3 is 0 Å². The highest BCUT2D eigenvalue weighted by Crippen LogP contribution is 2.29. The quantitative estimate of drug-likeness (QED) is 0.447. The van der Waals surface area contributed by atoms with Gasteiger partial charge in [0.05, 0.1) is 18.8 Å². The molecular weight excluding hydrogens is 276 g/mol. The molecule has 1 atom stereocenters. The van der Waals surface area contributed by atoms with E-state index in [4.69, 9.17) is 27.9 Å². The number of aromatic nitrogens is 1. The Morgan fingerprint density at radius 1 is 1.35 bits per heavy atom. The topological polar surface area (TPSA) is 86.2 Å². The molecule has 1 unspecified atom stereocenters. The van der Waals surface area contributed by atoms with Gasteiger partial charge in [-0.25, -0.2) is 5.43 Å². The third-order valence-electron chi connectivity index (χ3n) is 2.91. The van der Waals surface area contributed by atoms with Gasteiger partial charge in [-0.05, 0) is 36.2 Å². The van der Waals surface area contributed by atoms with Gasteiger partial charge in [-0.15, -0.1) is 0 Å². The average Bonchev–Trinajstić information content (AvgIpc) is 2.43. The van der Waals surface area contributed by atoms with Crippen molar-refractivity contribution in [3.63, 3.8) is 0 Å². The van der Waals surface area contributed by atoms with Crippen molar-refractivity contribution in [1.29, 1.82) is 0 Å². The second-order valence-electron chi connectivity index (χ2n) is 4.26. The van der Waals surface area contributed by atoms with E-state index in [1.165, 1.54) is 0 Å². The van der Waals surface area contributed by atoms with E-state index < -0.39 is 0 Å². The molecule has 0 aliphatic rings. The van der Waals surface area contributed by atoms with Crippen LogP contribution in [0.4, 0.5) is 5.69 Å². The van der Waals surface area contributed by atoms with Crippen LogP contribution >= 0.6 is 11.6 Å². The predicted molar refractivity (Wildman–Crippen MR) is 80.4 cm³/mol. The lowest BCUT2D eigenvalue weighted by molar-refractivity contribution is 0.338. The Morgan fingerprint density at radius 2 is 2.15 bits per heavy atom. The summed E-state index contributed by atoms with van der Waals surface area (Å²) in [5, 5.41) is 0.586. The Hall–Kier alpha value is -1.82. The Balaban J connectivity index is 2.38. The number of rotatable bonds is 5. The van der Waals surface area contributed by atoms with Crippen LogP contribution in [0.1, 0.15) is 24.1 Å². The van der Waals surface area contributed by atoms with Crippen LogP contribution in [-0.4, -0.2) is 11.6 Å². The fourth-order valence-corrected chi connectivity index (χ4v) is 2.19. The summed E-state index contributed by atoms with van der Waals surface area (Å²) >= 11 is 5.91. The molecule has 0 bridgehead atoms. The zero-order valence-electron chi connectivity index (χ0n) is 11.1. The largest absolute Gasteiger partial charge is 0.492 e. The molecule has 0 radical (unpaired) electrons. The van der Waals surface area contributed by atoms with Crippen molar-refractivity contribution >= 4 is 17.3 Å². The first kappa shape index (κ1) is 14.6. The molecular formula is C14H17ClN4O. The summed E-state index contributed by atoms with van der Waals surface area (Å²) in [6, 6.07) is 6.92. The SMILES string of the molecule is CCOc1cncc(C(NN)c2ccc(Cl)cc2N)c1. The van der Waals surface area contributed by atoms with Gasteiger partial charge in [-0.2, -0.15) is 0 Å². The molecule has 1 aromatic carbocycles. The van der Waals surface area contributed by atoms with E-state index in [0.29, 0.717) is 23.1 Å². The van der Waals surface area contributed by atoms with Gasteiger partial charge in [0.25, 0.3) is 0 Å². The summed E-state index contributed by atoms with van der Waals surface area (Å²) in [6.07, 6.45) is 3.38. The molecule has 5 nitrogen and oxygen atoms in total. The van der Waals surface area contributed by atoms with Crippen molar-refractivity contribution in [3.8, 4) is 5.75 Å². The molecule has 1 heterocycles. The smallest absolute Gasteiger partial charge is 0.137 e. The molecule has 6 heteroatoms. The van der Waals surface area contributed by atoms with Gasteiger partial charge in [0.15, 0.2) is 0 Å². The highest BCUT2D eigenvalue weighted by Gasteiger charge is 2.16. The minimum absolute atomic E-state index is 0.278. The van der Waals surface area contributed by atoms with E-state index in [9.17, 15) is 0 Å². The van der Waals surface area contributed by atoms with Crippen LogP contribution in [0.2, 0.25) is 5.02 Å². The predicted octanol–water partition coefficient (Wildman–Crippen LogP) is 2.27. The van der Waals surface area contributed by atoms with Crippen molar-refractivity contribution in [2.24, 2.45) is 5.84 Å². The second-order valence-corrected chi connectivity index (χ2v) is 4.70. The number of benzene rings is 1. The summed E-state index contributed by atoms with van der Waals surface area (Å²) in [5.41, 5.74) is 11.0. The van der Waals surface area contributed by atoms with Crippen LogP contribution in [0.15, 0.2) is 36.7 Å². The molecule has 0 fully saturated rings. The highest BCUT2D eigenvalue weighted by atomic mass is 35.5. The van der Waals surface area contributed by atoms with Crippen LogP contribution in [0.25, 0.3) is 0 Å². The maximum atomic E-state index is 6.00. The molecule has 0 saturated heterocycles. The van der Waals surface area contributed by atoms with Gasteiger partial charge in [0, 0.05) is 16.9 Å². The molecule has 106 valence electrons. The number of anilines is 1. The van der Waals surface area contributed by atoms with Crippen LogP contribution in [-0.2, 0) is 0 Å². The summed E-state index contributed by atoms with van der Waals surface area (Å²) in [7, 11) is 0. The number of hydrogen-bond acceptors (Lipinski definition) is 5. The molecule has 20 heavy (non-hydrogen) atoms. The zero-order chi connectivity index (χ0) is 14.5. The summed E-state index contributed by atoms with van der Waals surface area (Å²) in [4.78, 5) is 4.16. The van der Waals surface area contributed by atoms with Gasteiger partial charge in [0.1, 0.15) is 5.75 Å². The number of halogens is 1. The van der Waals surface area contributed by atoms with Gasteiger partial charge < -0.3 is 10.5 Å². The lowest BCUT2D eigenvalue weighted by Gasteiger charge is -2.19.